The quantitative estimate of drug-likeness (QED) is 0.348. The predicted octanol–water partition coefficient (Wildman–Crippen LogP) is 4.68. The van der Waals surface area contributed by atoms with Crippen LogP contribution in [0.1, 0.15) is 28.8 Å². The van der Waals surface area contributed by atoms with Crippen molar-refractivity contribution >= 4 is 58.1 Å². The van der Waals surface area contributed by atoms with Crippen LogP contribution in [0.4, 0.5) is 5.69 Å². The van der Waals surface area contributed by atoms with Crippen LogP contribution < -0.4 is 5.32 Å². The molecule has 2 aromatic carbocycles. The topological polar surface area (TPSA) is 72.5 Å². The average Bonchev–Trinajstić information content (AvgIpc) is 2.71. The predicted molar refractivity (Wildman–Crippen MR) is 111 cm³/mol. The molecule has 0 fully saturated rings. The van der Waals surface area contributed by atoms with Gasteiger partial charge in [-0.15, -0.1) is 23.2 Å². The van der Waals surface area contributed by atoms with Gasteiger partial charge in [-0.1, -0.05) is 41.9 Å². The van der Waals surface area contributed by atoms with E-state index >= 15 is 0 Å². The summed E-state index contributed by atoms with van der Waals surface area (Å²) >= 11 is 17.2. The van der Waals surface area contributed by atoms with E-state index in [1.165, 1.54) is 6.07 Å². The van der Waals surface area contributed by atoms with Crippen LogP contribution in [-0.2, 0) is 14.3 Å². The SMILES string of the molecule is O=C(CCC(=O)OC(CCl)CCl)Nc1ccc(Cl)cc1C(=O)c1ccccc1. The molecule has 1 N–H and O–H groups in total. The molecule has 148 valence electrons. The highest BCUT2D eigenvalue weighted by atomic mass is 35.5. The molecule has 0 aliphatic rings. The van der Waals surface area contributed by atoms with Gasteiger partial charge in [0.05, 0.1) is 23.9 Å². The number of hydrogen-bond acceptors (Lipinski definition) is 4. The summed E-state index contributed by atoms with van der Waals surface area (Å²) in [6.07, 6.45) is -0.839. The molecule has 5 nitrogen and oxygen atoms in total. The molecule has 0 saturated carbocycles. The molecule has 8 heteroatoms. The van der Waals surface area contributed by atoms with Crippen LogP contribution in [0.2, 0.25) is 5.02 Å². The van der Waals surface area contributed by atoms with Gasteiger partial charge in [0.25, 0.3) is 0 Å². The van der Waals surface area contributed by atoms with Gasteiger partial charge in [0.2, 0.25) is 5.91 Å². The second-order valence-corrected chi connectivity index (χ2v) is 6.91. The summed E-state index contributed by atoms with van der Waals surface area (Å²) < 4.78 is 5.03. The number of ketones is 1. The minimum atomic E-state index is -0.592. The maximum atomic E-state index is 12.7. The van der Waals surface area contributed by atoms with Crippen molar-refractivity contribution in [3.05, 3.63) is 64.7 Å². The number of benzene rings is 2. The molecule has 0 heterocycles. The molecule has 0 saturated heterocycles. The van der Waals surface area contributed by atoms with E-state index < -0.39 is 18.0 Å². The fourth-order valence-corrected chi connectivity index (χ4v) is 2.96. The van der Waals surface area contributed by atoms with Gasteiger partial charge in [0, 0.05) is 22.6 Å². The number of anilines is 1. The van der Waals surface area contributed by atoms with Gasteiger partial charge < -0.3 is 10.1 Å². The monoisotopic (exact) mass is 441 g/mol. The molecule has 2 aromatic rings. The average molecular weight is 443 g/mol. The van der Waals surface area contributed by atoms with Crippen LogP contribution in [0.25, 0.3) is 0 Å². The zero-order chi connectivity index (χ0) is 20.5. The number of ether oxygens (including phenoxy) is 1. The van der Waals surface area contributed by atoms with Gasteiger partial charge in [-0.2, -0.15) is 0 Å². The van der Waals surface area contributed by atoms with Crippen LogP contribution in [-0.4, -0.2) is 35.5 Å². The lowest BCUT2D eigenvalue weighted by Crippen LogP contribution is -2.23. The number of rotatable bonds is 9. The molecule has 0 atom stereocenters. The Hall–Kier alpha value is -2.08. The molecule has 0 unspecified atom stereocenters. The lowest BCUT2D eigenvalue weighted by Gasteiger charge is -2.13. The molecular formula is C20H18Cl3NO4. The molecule has 28 heavy (non-hydrogen) atoms. The summed E-state index contributed by atoms with van der Waals surface area (Å²) in [5, 5.41) is 3.02. The number of nitrogens with one attached hydrogen (secondary N) is 1. The number of halogens is 3. The molecule has 0 aromatic heterocycles. The van der Waals surface area contributed by atoms with Gasteiger partial charge >= 0.3 is 5.97 Å². The van der Waals surface area contributed by atoms with E-state index in [2.05, 4.69) is 5.32 Å². The summed E-state index contributed by atoms with van der Waals surface area (Å²) in [5.74, 6) is -1.12. The number of hydrogen-bond donors (Lipinski definition) is 1. The zero-order valence-corrected chi connectivity index (χ0v) is 17.1. The van der Waals surface area contributed by atoms with E-state index in [0.717, 1.165) is 0 Å². The van der Waals surface area contributed by atoms with Crippen molar-refractivity contribution in [2.24, 2.45) is 0 Å². The van der Waals surface area contributed by atoms with Crippen molar-refractivity contribution in [2.75, 3.05) is 17.1 Å². The van der Waals surface area contributed by atoms with Crippen LogP contribution in [0.15, 0.2) is 48.5 Å². The lowest BCUT2D eigenvalue weighted by atomic mass is 10.0. The molecule has 2 rings (SSSR count). The van der Waals surface area contributed by atoms with Crippen molar-refractivity contribution in [2.45, 2.75) is 18.9 Å². The first-order valence-electron chi connectivity index (χ1n) is 8.45. The minimum absolute atomic E-state index is 0.0805. The molecule has 0 spiro atoms. The van der Waals surface area contributed by atoms with Gasteiger partial charge in [-0.3, -0.25) is 14.4 Å². The molecule has 0 radical (unpaired) electrons. The third-order valence-electron chi connectivity index (χ3n) is 3.73. The van der Waals surface area contributed by atoms with Gasteiger partial charge in [0.15, 0.2) is 5.78 Å². The standard InChI is InChI=1S/C20H18Cl3NO4/c21-11-15(12-22)28-19(26)9-8-18(25)24-17-7-6-14(23)10-16(17)20(27)13-4-2-1-3-5-13/h1-7,10,15H,8-9,11-12H2,(H,24,25). The van der Waals surface area contributed by atoms with Gasteiger partial charge in [0.1, 0.15) is 6.10 Å². The Balaban J connectivity index is 2.04. The van der Waals surface area contributed by atoms with E-state index in [0.29, 0.717) is 16.3 Å². The Morgan fingerprint density at radius 3 is 2.29 bits per heavy atom. The van der Waals surface area contributed by atoms with Crippen molar-refractivity contribution in [1.29, 1.82) is 0 Å². The maximum Gasteiger partial charge on any atom is 0.306 e. The summed E-state index contributed by atoms with van der Waals surface area (Å²) in [4.78, 5) is 36.7. The highest BCUT2D eigenvalue weighted by molar-refractivity contribution is 6.31. The normalized spacial score (nSPS) is 10.6. The van der Waals surface area contributed by atoms with Crippen LogP contribution in [0.3, 0.4) is 0 Å². The first-order chi connectivity index (χ1) is 13.4. The minimum Gasteiger partial charge on any atom is -0.460 e. The van der Waals surface area contributed by atoms with Crippen LogP contribution in [0, 0.1) is 0 Å². The molecule has 0 aliphatic carbocycles. The smallest absolute Gasteiger partial charge is 0.306 e. The highest BCUT2D eigenvalue weighted by Crippen LogP contribution is 2.24. The number of esters is 1. The number of carbonyl (C=O) groups excluding carboxylic acids is 3. The summed E-state index contributed by atoms with van der Waals surface area (Å²) in [5.41, 5.74) is 1.05. The first-order valence-corrected chi connectivity index (χ1v) is 9.90. The Labute approximate surface area is 177 Å². The number of carbonyl (C=O) groups is 3. The highest BCUT2D eigenvalue weighted by Gasteiger charge is 2.18. The number of amides is 1. The van der Waals surface area contributed by atoms with Crippen molar-refractivity contribution in [3.63, 3.8) is 0 Å². The fraction of sp³-hybridized carbons (Fsp3) is 0.250. The number of alkyl halides is 2. The van der Waals surface area contributed by atoms with Crippen LogP contribution >= 0.6 is 34.8 Å². The second-order valence-electron chi connectivity index (χ2n) is 5.85. The zero-order valence-electron chi connectivity index (χ0n) is 14.8. The Morgan fingerprint density at radius 2 is 1.64 bits per heavy atom. The molecular weight excluding hydrogens is 425 g/mol. The van der Waals surface area contributed by atoms with E-state index in [1.54, 1.807) is 42.5 Å². The van der Waals surface area contributed by atoms with E-state index in [-0.39, 0.29) is 35.9 Å². The van der Waals surface area contributed by atoms with Crippen LogP contribution in [0.5, 0.6) is 0 Å². The molecule has 1 amide bonds. The third kappa shape index (κ3) is 6.51. The summed E-state index contributed by atoms with van der Waals surface area (Å²) in [7, 11) is 0. The van der Waals surface area contributed by atoms with Crippen molar-refractivity contribution in [3.8, 4) is 0 Å². The summed E-state index contributed by atoms with van der Waals surface area (Å²) in [6, 6.07) is 13.3. The molecule has 0 aliphatic heterocycles. The van der Waals surface area contributed by atoms with E-state index in [4.69, 9.17) is 39.5 Å². The maximum absolute atomic E-state index is 12.7. The van der Waals surface area contributed by atoms with Crippen molar-refractivity contribution < 1.29 is 19.1 Å². The van der Waals surface area contributed by atoms with Gasteiger partial charge in [-0.25, -0.2) is 0 Å². The Bertz CT molecular complexity index is 839. The lowest BCUT2D eigenvalue weighted by molar-refractivity contribution is -0.148. The second kappa shape index (κ2) is 11.1. The van der Waals surface area contributed by atoms with Crippen molar-refractivity contribution in [1.82, 2.24) is 0 Å². The fourth-order valence-electron chi connectivity index (χ4n) is 2.34. The summed E-state index contributed by atoms with van der Waals surface area (Å²) in [6.45, 7) is 0. The Kier molecular flexibility index (Phi) is 8.77. The largest absolute Gasteiger partial charge is 0.460 e. The molecule has 0 bridgehead atoms. The first kappa shape index (κ1) is 22.2. The van der Waals surface area contributed by atoms with Gasteiger partial charge in [-0.05, 0) is 18.2 Å². The van der Waals surface area contributed by atoms with E-state index in [1.807, 2.05) is 0 Å². The Morgan fingerprint density at radius 1 is 0.964 bits per heavy atom. The third-order valence-corrected chi connectivity index (χ3v) is 4.66. The van der Waals surface area contributed by atoms with E-state index in [9.17, 15) is 14.4 Å².